The van der Waals surface area contributed by atoms with Crippen molar-refractivity contribution in [3.8, 4) is 0 Å². The van der Waals surface area contributed by atoms with Gasteiger partial charge in [-0.15, -0.1) is 0 Å². The van der Waals surface area contributed by atoms with Gasteiger partial charge >= 0.3 is 0 Å². The van der Waals surface area contributed by atoms with Crippen LogP contribution in [-0.2, 0) is 9.47 Å². The molecule has 1 fully saturated rings. The van der Waals surface area contributed by atoms with E-state index in [4.69, 9.17) is 20.9 Å². The zero-order valence-electron chi connectivity index (χ0n) is 10.0. The lowest BCUT2D eigenvalue weighted by Crippen LogP contribution is -2.39. The molecule has 5 nitrogen and oxygen atoms in total. The molecule has 0 aliphatic carbocycles. The Bertz CT molecular complexity index is 389. The van der Waals surface area contributed by atoms with E-state index in [9.17, 15) is 0 Å². The van der Waals surface area contributed by atoms with E-state index in [2.05, 4.69) is 5.32 Å². The minimum absolute atomic E-state index is 0.226. The summed E-state index contributed by atoms with van der Waals surface area (Å²) in [6.07, 6.45) is 0.904. The minimum atomic E-state index is -0.226. The van der Waals surface area contributed by atoms with E-state index in [-0.39, 0.29) is 5.60 Å². The molecule has 1 aromatic rings. The van der Waals surface area contributed by atoms with E-state index >= 15 is 0 Å². The maximum Gasteiger partial charge on any atom is 0.110 e. The maximum atomic E-state index is 5.75. The van der Waals surface area contributed by atoms with Gasteiger partial charge in [-0.25, -0.2) is 0 Å². The number of benzene rings is 1. The molecule has 17 heavy (non-hydrogen) atoms. The van der Waals surface area contributed by atoms with Crippen molar-refractivity contribution in [1.29, 1.82) is 0 Å². The summed E-state index contributed by atoms with van der Waals surface area (Å²) >= 11 is 0. The normalized spacial score (nSPS) is 23.8. The SMILES string of the molecule is COC1(CNc2ccc(N)c(N)c2)CCOC1. The molecule has 5 heteroatoms. The van der Waals surface area contributed by atoms with Crippen LogP contribution in [0.1, 0.15) is 6.42 Å². The fraction of sp³-hybridized carbons (Fsp3) is 0.500. The first kappa shape index (κ1) is 12.0. The molecule has 1 aromatic carbocycles. The Balaban J connectivity index is 1.99. The van der Waals surface area contributed by atoms with Gasteiger partial charge in [-0.05, 0) is 18.2 Å². The molecule has 1 atom stereocenters. The monoisotopic (exact) mass is 237 g/mol. The van der Waals surface area contributed by atoms with Crippen molar-refractivity contribution < 1.29 is 9.47 Å². The number of hydrogen-bond donors (Lipinski definition) is 3. The van der Waals surface area contributed by atoms with Crippen molar-refractivity contribution in [3.63, 3.8) is 0 Å². The van der Waals surface area contributed by atoms with E-state index in [0.29, 0.717) is 24.5 Å². The highest BCUT2D eigenvalue weighted by Gasteiger charge is 2.34. The summed E-state index contributed by atoms with van der Waals surface area (Å²) in [5.41, 5.74) is 13.3. The summed E-state index contributed by atoms with van der Waals surface area (Å²) in [4.78, 5) is 0. The smallest absolute Gasteiger partial charge is 0.110 e. The van der Waals surface area contributed by atoms with Crippen LogP contribution in [0.15, 0.2) is 18.2 Å². The van der Waals surface area contributed by atoms with Crippen molar-refractivity contribution in [3.05, 3.63) is 18.2 Å². The quantitative estimate of drug-likeness (QED) is 0.682. The lowest BCUT2D eigenvalue weighted by molar-refractivity contribution is -0.00619. The lowest BCUT2D eigenvalue weighted by atomic mass is 10.0. The second-order valence-corrected chi connectivity index (χ2v) is 4.39. The second-order valence-electron chi connectivity index (χ2n) is 4.39. The van der Waals surface area contributed by atoms with Crippen LogP contribution in [0, 0.1) is 0 Å². The van der Waals surface area contributed by atoms with Crippen molar-refractivity contribution in [1.82, 2.24) is 0 Å². The first-order valence-corrected chi connectivity index (χ1v) is 5.67. The molecule has 0 spiro atoms. The molecular weight excluding hydrogens is 218 g/mol. The highest BCUT2D eigenvalue weighted by Crippen LogP contribution is 2.25. The van der Waals surface area contributed by atoms with Gasteiger partial charge in [-0.2, -0.15) is 0 Å². The molecule has 0 bridgehead atoms. The molecule has 1 saturated heterocycles. The van der Waals surface area contributed by atoms with Gasteiger partial charge in [0.15, 0.2) is 0 Å². The van der Waals surface area contributed by atoms with E-state index in [1.165, 1.54) is 0 Å². The van der Waals surface area contributed by atoms with E-state index in [1.807, 2.05) is 12.1 Å². The predicted octanol–water partition coefficient (Wildman–Crippen LogP) is 1.07. The third kappa shape index (κ3) is 2.62. The minimum Gasteiger partial charge on any atom is -0.397 e. The Kier molecular flexibility index (Phi) is 3.40. The van der Waals surface area contributed by atoms with Gasteiger partial charge in [-0.3, -0.25) is 0 Å². The standard InChI is InChI=1S/C12H19N3O2/c1-16-12(4-5-17-8-12)7-15-9-2-3-10(13)11(14)6-9/h2-3,6,15H,4-5,7-8,13-14H2,1H3. The van der Waals surface area contributed by atoms with Crippen LogP contribution in [0.4, 0.5) is 17.1 Å². The molecule has 0 amide bonds. The first-order chi connectivity index (χ1) is 8.15. The molecule has 0 saturated carbocycles. The van der Waals surface area contributed by atoms with Crippen LogP contribution < -0.4 is 16.8 Å². The molecule has 94 valence electrons. The van der Waals surface area contributed by atoms with Crippen molar-refractivity contribution >= 4 is 17.1 Å². The van der Waals surface area contributed by atoms with Gasteiger partial charge in [0.2, 0.25) is 0 Å². The molecule has 0 aromatic heterocycles. The summed E-state index contributed by atoms with van der Waals surface area (Å²) in [5, 5.41) is 3.31. The summed E-state index contributed by atoms with van der Waals surface area (Å²) < 4.78 is 10.9. The highest BCUT2D eigenvalue weighted by molar-refractivity contribution is 5.69. The number of methoxy groups -OCH3 is 1. The molecule has 0 radical (unpaired) electrons. The summed E-state index contributed by atoms with van der Waals surface area (Å²) in [6, 6.07) is 5.53. The van der Waals surface area contributed by atoms with Crippen LogP contribution in [0.25, 0.3) is 0 Å². The average Bonchev–Trinajstić information content (AvgIpc) is 2.80. The van der Waals surface area contributed by atoms with Crippen molar-refractivity contribution in [2.75, 3.05) is 43.7 Å². The second kappa shape index (κ2) is 4.81. The predicted molar refractivity (Wildman–Crippen MR) is 68.9 cm³/mol. The van der Waals surface area contributed by atoms with Crippen LogP contribution in [0.2, 0.25) is 0 Å². The van der Waals surface area contributed by atoms with Crippen LogP contribution in [0.3, 0.4) is 0 Å². The molecule has 1 unspecified atom stereocenters. The van der Waals surface area contributed by atoms with Gasteiger partial charge in [-0.1, -0.05) is 0 Å². The largest absolute Gasteiger partial charge is 0.397 e. The number of rotatable bonds is 4. The average molecular weight is 237 g/mol. The molecule has 2 rings (SSSR count). The number of nitrogen functional groups attached to an aromatic ring is 2. The number of hydrogen-bond acceptors (Lipinski definition) is 5. The molecule has 5 N–H and O–H groups in total. The van der Waals surface area contributed by atoms with Gasteiger partial charge in [0.1, 0.15) is 5.60 Å². The zero-order chi connectivity index (χ0) is 12.3. The summed E-state index contributed by atoms with van der Waals surface area (Å²) in [5.74, 6) is 0. The van der Waals surface area contributed by atoms with Crippen LogP contribution in [0.5, 0.6) is 0 Å². The molecule has 1 aliphatic heterocycles. The van der Waals surface area contributed by atoms with Crippen LogP contribution >= 0.6 is 0 Å². The third-order valence-electron chi connectivity index (χ3n) is 3.20. The Morgan fingerprint density at radius 2 is 2.24 bits per heavy atom. The fourth-order valence-electron chi connectivity index (χ4n) is 1.91. The molecule has 1 aliphatic rings. The molecular formula is C12H19N3O2. The van der Waals surface area contributed by atoms with E-state index in [0.717, 1.165) is 18.7 Å². The van der Waals surface area contributed by atoms with Crippen LogP contribution in [-0.4, -0.2) is 32.5 Å². The van der Waals surface area contributed by atoms with Gasteiger partial charge in [0.05, 0.1) is 18.0 Å². The Morgan fingerprint density at radius 3 is 2.82 bits per heavy atom. The van der Waals surface area contributed by atoms with Crippen molar-refractivity contribution in [2.24, 2.45) is 0 Å². The molecule has 1 heterocycles. The Labute approximate surface area is 101 Å². The Hall–Kier alpha value is -1.46. The number of nitrogens with two attached hydrogens (primary N) is 2. The summed E-state index contributed by atoms with van der Waals surface area (Å²) in [7, 11) is 1.72. The number of anilines is 3. The number of ether oxygens (including phenoxy) is 2. The topological polar surface area (TPSA) is 82.5 Å². The van der Waals surface area contributed by atoms with Crippen molar-refractivity contribution in [2.45, 2.75) is 12.0 Å². The fourth-order valence-corrected chi connectivity index (χ4v) is 1.91. The number of nitrogens with one attached hydrogen (secondary N) is 1. The lowest BCUT2D eigenvalue weighted by Gasteiger charge is -2.26. The maximum absolute atomic E-state index is 5.75. The third-order valence-corrected chi connectivity index (χ3v) is 3.20. The van der Waals surface area contributed by atoms with E-state index < -0.39 is 0 Å². The summed E-state index contributed by atoms with van der Waals surface area (Å²) in [6.45, 7) is 2.08. The first-order valence-electron chi connectivity index (χ1n) is 5.67. The highest BCUT2D eigenvalue weighted by atomic mass is 16.5. The Morgan fingerprint density at radius 1 is 1.41 bits per heavy atom. The zero-order valence-corrected chi connectivity index (χ0v) is 10.0. The van der Waals surface area contributed by atoms with Gasteiger partial charge in [0.25, 0.3) is 0 Å². The van der Waals surface area contributed by atoms with Gasteiger partial charge in [0, 0.05) is 32.4 Å². The van der Waals surface area contributed by atoms with Gasteiger partial charge < -0.3 is 26.3 Å². The van der Waals surface area contributed by atoms with E-state index in [1.54, 1.807) is 13.2 Å².